The Balaban J connectivity index is 2.30. The topological polar surface area (TPSA) is 55.8 Å². The Morgan fingerprint density at radius 2 is 1.88 bits per heavy atom. The number of methoxy groups -OCH3 is 1. The molecule has 0 N–H and O–H groups in total. The van der Waals surface area contributed by atoms with Crippen molar-refractivity contribution in [1.29, 1.82) is 0 Å². The molecule has 26 heavy (non-hydrogen) atoms. The first-order chi connectivity index (χ1) is 12.0. The molecule has 7 heteroatoms. The fourth-order valence-electron chi connectivity index (χ4n) is 3.26. The minimum atomic E-state index is -0.616. The number of carbonyl (C=O) groups is 2. The molecule has 1 heterocycles. The van der Waals surface area contributed by atoms with Crippen molar-refractivity contribution in [2.45, 2.75) is 58.1 Å². The predicted octanol–water partition coefficient (Wildman–Crippen LogP) is 5.07. The lowest BCUT2D eigenvalue weighted by Gasteiger charge is -2.39. The minimum Gasteiger partial charge on any atom is -0.496 e. The Kier molecular flexibility index (Phi) is 6.46. The van der Waals surface area contributed by atoms with Gasteiger partial charge in [-0.15, -0.1) is 0 Å². The molecule has 0 unspecified atom stereocenters. The molecule has 1 saturated heterocycles. The molecule has 0 spiro atoms. The molecule has 1 fully saturated rings. The summed E-state index contributed by atoms with van der Waals surface area (Å²) in [5.74, 6) is 0.513. The summed E-state index contributed by atoms with van der Waals surface area (Å²) in [7, 11) is 1.57. The number of nitrogens with zero attached hydrogens (tertiary/aromatic N) is 1. The van der Waals surface area contributed by atoms with Crippen LogP contribution in [0.3, 0.4) is 0 Å². The molecule has 0 aliphatic carbocycles. The summed E-state index contributed by atoms with van der Waals surface area (Å²) < 4.78 is 10.9. The number of ether oxygens (including phenoxy) is 2. The third-order valence-electron chi connectivity index (χ3n) is 4.42. The molecular formula is C19H25Cl2NO4. The predicted molar refractivity (Wildman–Crippen MR) is 102 cm³/mol. The second-order valence-electron chi connectivity index (χ2n) is 7.50. The Bertz CT molecular complexity index is 700. The van der Waals surface area contributed by atoms with Gasteiger partial charge in [-0.2, -0.15) is 0 Å². The molecule has 5 nitrogen and oxygen atoms in total. The van der Waals surface area contributed by atoms with Crippen LogP contribution in [0.1, 0.15) is 52.0 Å². The molecule has 1 aliphatic heterocycles. The second-order valence-corrected chi connectivity index (χ2v) is 8.28. The molecule has 0 radical (unpaired) electrons. The smallest absolute Gasteiger partial charge is 0.410 e. The van der Waals surface area contributed by atoms with Crippen molar-refractivity contribution in [3.8, 4) is 5.75 Å². The van der Waals surface area contributed by atoms with E-state index >= 15 is 0 Å². The van der Waals surface area contributed by atoms with Gasteiger partial charge in [0.2, 0.25) is 0 Å². The van der Waals surface area contributed by atoms with Crippen LogP contribution in [0, 0.1) is 0 Å². The van der Waals surface area contributed by atoms with Crippen LogP contribution in [0.5, 0.6) is 5.75 Å². The maximum atomic E-state index is 12.5. The first-order valence-electron chi connectivity index (χ1n) is 8.57. The lowest BCUT2D eigenvalue weighted by molar-refractivity contribution is -0.123. The number of likely N-dealkylation sites (tertiary alicyclic amines) is 1. The Labute approximate surface area is 164 Å². The molecule has 144 valence electrons. The van der Waals surface area contributed by atoms with Crippen LogP contribution in [-0.2, 0) is 9.53 Å². The van der Waals surface area contributed by atoms with Gasteiger partial charge in [0.05, 0.1) is 23.2 Å². The van der Waals surface area contributed by atoms with E-state index in [4.69, 9.17) is 32.7 Å². The number of hydrogen-bond donors (Lipinski definition) is 0. The van der Waals surface area contributed by atoms with Crippen LogP contribution in [-0.4, -0.2) is 42.1 Å². The van der Waals surface area contributed by atoms with E-state index in [-0.39, 0.29) is 11.7 Å². The zero-order chi connectivity index (χ0) is 19.6. The van der Waals surface area contributed by atoms with Gasteiger partial charge in [-0.05, 0) is 58.6 Å². The number of carbonyl (C=O) groups excluding carboxylic acids is 2. The molecule has 2 atom stereocenters. The van der Waals surface area contributed by atoms with Crippen molar-refractivity contribution in [2.75, 3.05) is 13.7 Å². The lowest BCUT2D eigenvalue weighted by Crippen LogP contribution is -2.50. The Morgan fingerprint density at radius 3 is 2.42 bits per heavy atom. The van der Waals surface area contributed by atoms with E-state index in [1.165, 1.54) is 11.8 Å². The fourth-order valence-corrected chi connectivity index (χ4v) is 3.73. The van der Waals surface area contributed by atoms with Gasteiger partial charge in [-0.1, -0.05) is 23.2 Å². The molecule has 0 bridgehead atoms. The molecule has 0 saturated carbocycles. The van der Waals surface area contributed by atoms with E-state index in [0.29, 0.717) is 35.2 Å². The highest BCUT2D eigenvalue weighted by atomic mass is 35.5. The van der Waals surface area contributed by atoms with Crippen LogP contribution < -0.4 is 4.74 Å². The highest BCUT2D eigenvalue weighted by Crippen LogP contribution is 2.43. The number of halogens is 2. The highest BCUT2D eigenvalue weighted by molar-refractivity contribution is 6.42. The Morgan fingerprint density at radius 1 is 1.23 bits per heavy atom. The third-order valence-corrected chi connectivity index (χ3v) is 5.24. The van der Waals surface area contributed by atoms with Crippen LogP contribution in [0.2, 0.25) is 10.0 Å². The number of rotatable bonds is 3. The maximum absolute atomic E-state index is 12.5. The summed E-state index contributed by atoms with van der Waals surface area (Å²) in [5.41, 5.74) is 0.172. The second kappa shape index (κ2) is 8.05. The first-order valence-corrected chi connectivity index (χ1v) is 9.32. The van der Waals surface area contributed by atoms with Crippen molar-refractivity contribution >= 4 is 35.1 Å². The Hall–Kier alpha value is -1.46. The zero-order valence-corrected chi connectivity index (χ0v) is 17.3. The maximum Gasteiger partial charge on any atom is 0.410 e. The molecular weight excluding hydrogens is 377 g/mol. The molecule has 1 aromatic rings. The van der Waals surface area contributed by atoms with E-state index in [1.54, 1.807) is 40.0 Å². The van der Waals surface area contributed by atoms with Gasteiger partial charge in [0.15, 0.2) is 5.78 Å². The summed E-state index contributed by atoms with van der Waals surface area (Å²) >= 11 is 12.6. The normalized spacial score (nSPS) is 20.7. The van der Waals surface area contributed by atoms with Crippen molar-refractivity contribution < 1.29 is 19.1 Å². The number of benzene rings is 1. The number of Topliss-reactive ketones (excluding diaryl/α,β-unsaturated/α-hetero) is 1. The quantitative estimate of drug-likeness (QED) is 0.708. The minimum absolute atomic E-state index is 0.0382. The molecule has 1 amide bonds. The van der Waals surface area contributed by atoms with Crippen molar-refractivity contribution in [3.63, 3.8) is 0 Å². The fraction of sp³-hybridized carbons (Fsp3) is 0.579. The van der Waals surface area contributed by atoms with Crippen molar-refractivity contribution in [2.24, 2.45) is 0 Å². The summed E-state index contributed by atoms with van der Waals surface area (Å²) in [4.78, 5) is 26.2. The van der Waals surface area contributed by atoms with Crippen LogP contribution in [0.15, 0.2) is 12.1 Å². The molecule has 1 aromatic carbocycles. The van der Waals surface area contributed by atoms with Gasteiger partial charge >= 0.3 is 6.09 Å². The van der Waals surface area contributed by atoms with Gasteiger partial charge in [0.1, 0.15) is 11.4 Å². The third kappa shape index (κ3) is 4.63. The zero-order valence-electron chi connectivity index (χ0n) is 15.8. The van der Waals surface area contributed by atoms with Crippen molar-refractivity contribution in [3.05, 3.63) is 27.7 Å². The van der Waals surface area contributed by atoms with Crippen LogP contribution in [0.4, 0.5) is 4.79 Å². The SMILES string of the molecule is COc1ccc(Cl)c(Cl)c1[C@@H]1CCN(C(=O)OC(C)(C)C)[C@H](C(C)=O)C1. The van der Waals surface area contributed by atoms with Crippen LogP contribution in [0.25, 0.3) is 0 Å². The van der Waals surface area contributed by atoms with E-state index in [9.17, 15) is 9.59 Å². The number of ketones is 1. The van der Waals surface area contributed by atoms with E-state index in [0.717, 1.165) is 5.56 Å². The average Bonchev–Trinajstić information content (AvgIpc) is 2.55. The number of amides is 1. The van der Waals surface area contributed by atoms with E-state index < -0.39 is 17.7 Å². The standard InChI is InChI=1S/C19H25Cl2NO4/c1-11(23)14-10-12(8-9-22(14)18(24)26-19(2,3)4)16-15(25-5)7-6-13(20)17(16)21/h6-7,12,14H,8-10H2,1-5H3/t12-,14+/m1/s1. The molecule has 2 rings (SSSR count). The monoisotopic (exact) mass is 401 g/mol. The van der Waals surface area contributed by atoms with Gasteiger partial charge in [-0.25, -0.2) is 4.79 Å². The lowest BCUT2D eigenvalue weighted by atomic mass is 9.83. The highest BCUT2D eigenvalue weighted by Gasteiger charge is 2.38. The van der Waals surface area contributed by atoms with E-state index in [2.05, 4.69) is 0 Å². The van der Waals surface area contributed by atoms with Gasteiger partial charge in [-0.3, -0.25) is 9.69 Å². The summed E-state index contributed by atoms with van der Waals surface area (Å²) in [5, 5.41) is 0.875. The van der Waals surface area contributed by atoms with Crippen LogP contribution >= 0.6 is 23.2 Å². The van der Waals surface area contributed by atoms with Crippen molar-refractivity contribution in [1.82, 2.24) is 4.90 Å². The van der Waals surface area contributed by atoms with Gasteiger partial charge in [0.25, 0.3) is 0 Å². The first kappa shape index (κ1) is 20.8. The summed E-state index contributed by atoms with van der Waals surface area (Å²) in [6.07, 6.45) is 0.616. The number of piperidine rings is 1. The van der Waals surface area contributed by atoms with E-state index in [1.807, 2.05) is 0 Å². The largest absolute Gasteiger partial charge is 0.496 e. The molecule has 0 aromatic heterocycles. The summed E-state index contributed by atoms with van der Waals surface area (Å²) in [6, 6.07) is 2.89. The summed E-state index contributed by atoms with van der Waals surface area (Å²) in [6.45, 7) is 7.29. The molecule has 1 aliphatic rings. The van der Waals surface area contributed by atoms with Gasteiger partial charge in [0, 0.05) is 12.1 Å². The number of hydrogen-bond acceptors (Lipinski definition) is 4. The average molecular weight is 402 g/mol. The van der Waals surface area contributed by atoms with Gasteiger partial charge < -0.3 is 9.47 Å².